The second-order valence-corrected chi connectivity index (χ2v) is 19.2. The van der Waals surface area contributed by atoms with Crippen molar-refractivity contribution in [2.24, 2.45) is 17.1 Å². The topological polar surface area (TPSA) is 239 Å². The summed E-state index contributed by atoms with van der Waals surface area (Å²) in [7, 11) is 3.28. The first-order valence-electron chi connectivity index (χ1n) is 23.6. The fourth-order valence-electron chi connectivity index (χ4n) is 7.89. The van der Waals surface area contributed by atoms with Crippen LogP contribution in [0.3, 0.4) is 0 Å². The number of primary amides is 1. The number of amides is 9. The van der Waals surface area contributed by atoms with Gasteiger partial charge in [0.05, 0.1) is 0 Å². The molecule has 0 saturated heterocycles. The van der Waals surface area contributed by atoms with Crippen LogP contribution >= 0.6 is 0 Å². The van der Waals surface area contributed by atoms with E-state index in [2.05, 4.69) is 21.3 Å². The fourth-order valence-corrected chi connectivity index (χ4v) is 7.89. The lowest BCUT2D eigenvalue weighted by Crippen LogP contribution is -2.54. The van der Waals surface area contributed by atoms with Crippen molar-refractivity contribution in [2.75, 3.05) is 45.6 Å². The van der Waals surface area contributed by atoms with Crippen LogP contribution in [0.15, 0.2) is 91.0 Å². The van der Waals surface area contributed by atoms with Gasteiger partial charge in [0.1, 0.15) is 24.3 Å². The van der Waals surface area contributed by atoms with Crippen molar-refractivity contribution in [3.8, 4) is 11.1 Å². The van der Waals surface area contributed by atoms with Crippen LogP contribution in [-0.4, -0.2) is 115 Å². The van der Waals surface area contributed by atoms with Crippen LogP contribution in [0, 0.1) is 11.3 Å². The molecule has 18 nitrogen and oxygen atoms in total. The van der Waals surface area contributed by atoms with Gasteiger partial charge in [-0.1, -0.05) is 101 Å². The molecule has 0 radical (unpaired) electrons. The first-order valence-corrected chi connectivity index (χ1v) is 23.6. The Balaban J connectivity index is 1.24. The molecule has 0 saturated carbocycles. The minimum absolute atomic E-state index is 0.0579. The Kier molecular flexibility index (Phi) is 20.5. The zero-order valence-electron chi connectivity index (χ0n) is 41.7. The maximum Gasteiger partial charge on any atom is 0.410 e. The first kappa shape index (κ1) is 55.4. The fraction of sp³-hybridized carbons (Fsp3) is 0.462. The van der Waals surface area contributed by atoms with Gasteiger partial charge in [-0.05, 0) is 79.8 Å². The van der Waals surface area contributed by atoms with Gasteiger partial charge in [0.25, 0.3) is 11.8 Å². The lowest BCUT2D eigenvalue weighted by atomic mass is 9.92. The van der Waals surface area contributed by atoms with Crippen molar-refractivity contribution < 1.29 is 47.8 Å². The summed E-state index contributed by atoms with van der Waals surface area (Å²) in [6, 6.07) is 21.8. The van der Waals surface area contributed by atoms with Crippen molar-refractivity contribution in [3.63, 3.8) is 0 Å². The third-order valence-corrected chi connectivity index (χ3v) is 11.6. The summed E-state index contributed by atoms with van der Waals surface area (Å²) in [6.07, 6.45) is 3.52. The summed E-state index contributed by atoms with van der Waals surface area (Å²) in [5.41, 5.74) is 7.82. The molecule has 1 heterocycles. The maximum absolute atomic E-state index is 13.6. The van der Waals surface area contributed by atoms with Crippen LogP contribution in [0.2, 0.25) is 0 Å². The maximum atomic E-state index is 13.6. The number of imide groups is 1. The monoisotopic (exact) mass is 967 g/mol. The molecular formula is C52H70N8O10. The van der Waals surface area contributed by atoms with Crippen molar-refractivity contribution >= 4 is 53.4 Å². The van der Waals surface area contributed by atoms with Gasteiger partial charge in [-0.2, -0.15) is 0 Å². The molecule has 3 aromatic carbocycles. The number of nitrogens with two attached hydrogens (primary N) is 1. The van der Waals surface area contributed by atoms with Gasteiger partial charge in [0.15, 0.2) is 0 Å². The number of ether oxygens (including phenoxy) is 2. The van der Waals surface area contributed by atoms with E-state index in [1.54, 1.807) is 52.2 Å². The Morgan fingerprint density at radius 3 is 1.91 bits per heavy atom. The molecule has 0 fully saturated rings. The van der Waals surface area contributed by atoms with E-state index in [-0.39, 0.29) is 62.7 Å². The Morgan fingerprint density at radius 1 is 0.714 bits per heavy atom. The number of hydrogen-bond acceptors (Lipinski definition) is 10. The molecule has 0 aliphatic carbocycles. The molecule has 1 unspecified atom stereocenters. The number of carbonyl (C=O) groups is 8. The highest BCUT2D eigenvalue weighted by Gasteiger charge is 2.32. The largest absolute Gasteiger partial charge is 0.445 e. The summed E-state index contributed by atoms with van der Waals surface area (Å²) in [6.45, 7) is 12.0. The summed E-state index contributed by atoms with van der Waals surface area (Å²) < 4.78 is 11.6. The average Bonchev–Trinajstić information content (AvgIpc) is 3.63. The molecule has 70 heavy (non-hydrogen) atoms. The van der Waals surface area contributed by atoms with Crippen LogP contribution in [0.4, 0.5) is 20.1 Å². The van der Waals surface area contributed by atoms with E-state index in [4.69, 9.17) is 15.2 Å². The highest BCUT2D eigenvalue weighted by Crippen LogP contribution is 2.29. The molecule has 2 atom stereocenters. The molecule has 0 bridgehead atoms. The van der Waals surface area contributed by atoms with Gasteiger partial charge >= 0.3 is 18.2 Å². The SMILES string of the molecule is CC(C)C(NC(=O)CCCCCN1C(=O)C=CC1=O)C(=O)N[C@@H](CCCNC(N)=O)C(=O)Nc1ccc(COC(=O)N(C)CC(C)(C)CN(C)C(=O)OC(C)(C)c2ccc(-c3ccccc3)cc2)cc1. The lowest BCUT2D eigenvalue weighted by molar-refractivity contribution is -0.137. The standard InChI is InChI=1S/C52H70N8O10/c1-35(2)45(57-42(61)19-13-10-14-31-60-43(62)28-29-44(60)63)47(65)56-41(18-15-30-54-48(53)66)46(64)55-40-26-20-36(21-27-40)32-69-49(67)58(7)33-51(3,4)34-59(8)50(68)70-52(5,6)39-24-22-38(23-25-39)37-16-11-9-12-17-37/h9,11-12,16-17,20-29,35,41,45H,10,13-15,18-19,30-34H2,1-8H3,(H,55,64)(H,56,65)(H,57,61)(H3,53,54,66)/t41-,45?/m0/s1. The number of carbonyl (C=O) groups excluding carboxylic acids is 8. The van der Waals surface area contributed by atoms with Crippen LogP contribution in [0.5, 0.6) is 0 Å². The second-order valence-electron chi connectivity index (χ2n) is 19.2. The molecule has 0 spiro atoms. The minimum Gasteiger partial charge on any atom is -0.445 e. The third kappa shape index (κ3) is 17.7. The van der Waals surface area contributed by atoms with Crippen LogP contribution in [0.1, 0.15) is 91.2 Å². The van der Waals surface area contributed by atoms with E-state index in [0.29, 0.717) is 43.5 Å². The molecule has 6 N–H and O–H groups in total. The summed E-state index contributed by atoms with van der Waals surface area (Å²) >= 11 is 0. The number of urea groups is 1. The van der Waals surface area contributed by atoms with Crippen LogP contribution in [-0.2, 0) is 45.7 Å². The smallest absolute Gasteiger partial charge is 0.410 e. The number of hydrogen-bond donors (Lipinski definition) is 5. The van der Waals surface area contributed by atoms with Gasteiger partial charge in [0, 0.05) is 69.9 Å². The quantitative estimate of drug-likeness (QED) is 0.0459. The Bertz CT molecular complexity index is 2300. The molecule has 378 valence electrons. The molecule has 4 rings (SSSR count). The van der Waals surface area contributed by atoms with Crippen molar-refractivity contribution in [1.82, 2.24) is 30.7 Å². The van der Waals surface area contributed by atoms with Crippen LogP contribution in [0.25, 0.3) is 11.1 Å². The summed E-state index contributed by atoms with van der Waals surface area (Å²) in [5.74, 6) is -2.50. The molecule has 3 aromatic rings. The van der Waals surface area contributed by atoms with E-state index in [1.165, 1.54) is 22.0 Å². The average molecular weight is 967 g/mol. The van der Waals surface area contributed by atoms with Crippen molar-refractivity contribution in [1.29, 1.82) is 0 Å². The molecule has 1 aliphatic heterocycles. The van der Waals surface area contributed by atoms with Gasteiger partial charge in [-0.25, -0.2) is 14.4 Å². The predicted molar refractivity (Wildman–Crippen MR) is 266 cm³/mol. The van der Waals surface area contributed by atoms with Gasteiger partial charge < -0.3 is 46.3 Å². The minimum atomic E-state index is -1.05. The molecule has 18 heteroatoms. The zero-order valence-corrected chi connectivity index (χ0v) is 41.7. The Labute approximate surface area is 411 Å². The zero-order chi connectivity index (χ0) is 51.6. The van der Waals surface area contributed by atoms with Crippen molar-refractivity contribution in [2.45, 2.75) is 104 Å². The number of unbranched alkanes of at least 4 members (excludes halogenated alkanes) is 2. The van der Waals surface area contributed by atoms with E-state index >= 15 is 0 Å². The van der Waals surface area contributed by atoms with E-state index in [9.17, 15) is 38.4 Å². The number of anilines is 1. The molecule has 1 aliphatic rings. The normalized spacial score (nSPS) is 13.3. The van der Waals surface area contributed by atoms with E-state index < -0.39 is 53.1 Å². The van der Waals surface area contributed by atoms with Crippen LogP contribution < -0.4 is 27.0 Å². The van der Waals surface area contributed by atoms with E-state index in [0.717, 1.165) is 21.6 Å². The highest BCUT2D eigenvalue weighted by atomic mass is 16.6. The Morgan fingerprint density at radius 2 is 1.31 bits per heavy atom. The summed E-state index contributed by atoms with van der Waals surface area (Å²) in [5, 5.41) is 10.8. The molecular weight excluding hydrogens is 897 g/mol. The second kappa shape index (κ2) is 25.9. The Hall–Kier alpha value is -7.24. The first-order chi connectivity index (χ1) is 33.0. The number of benzene rings is 3. The van der Waals surface area contributed by atoms with E-state index in [1.807, 2.05) is 82.3 Å². The third-order valence-electron chi connectivity index (χ3n) is 11.6. The number of nitrogens with one attached hydrogen (secondary N) is 4. The van der Waals surface area contributed by atoms with Gasteiger partial charge in [-0.15, -0.1) is 0 Å². The van der Waals surface area contributed by atoms with Gasteiger partial charge in [-0.3, -0.25) is 28.9 Å². The predicted octanol–water partition coefficient (Wildman–Crippen LogP) is 6.45. The lowest BCUT2D eigenvalue weighted by Gasteiger charge is -2.35. The molecule has 9 amide bonds. The number of rotatable bonds is 25. The number of nitrogens with zero attached hydrogens (tertiary/aromatic N) is 3. The highest BCUT2D eigenvalue weighted by molar-refractivity contribution is 6.12. The van der Waals surface area contributed by atoms with Gasteiger partial charge in [0.2, 0.25) is 17.7 Å². The van der Waals surface area contributed by atoms with Crippen molar-refractivity contribution in [3.05, 3.63) is 102 Å². The molecule has 0 aromatic heterocycles. The summed E-state index contributed by atoms with van der Waals surface area (Å²) in [4.78, 5) is 105.